The number of carbonyl (C=O) groups excluding carboxylic acids is 1. The summed E-state index contributed by atoms with van der Waals surface area (Å²) in [5.41, 5.74) is 5.20. The third-order valence-electron chi connectivity index (χ3n) is 6.32. The summed E-state index contributed by atoms with van der Waals surface area (Å²) in [7, 11) is 0. The Kier molecular flexibility index (Phi) is 4.45. The van der Waals surface area contributed by atoms with Crippen LogP contribution in [0.15, 0.2) is 58.6 Å². The zero-order valence-electron chi connectivity index (χ0n) is 15.2. The van der Waals surface area contributed by atoms with Crippen LogP contribution in [0.2, 0.25) is 0 Å². The summed E-state index contributed by atoms with van der Waals surface area (Å²) in [5, 5.41) is 0. The molecule has 3 aliphatic rings. The molecule has 1 fully saturated rings. The van der Waals surface area contributed by atoms with Crippen LogP contribution in [0.3, 0.4) is 0 Å². The zero-order valence-corrected chi connectivity index (χ0v) is 15.2. The Labute approximate surface area is 150 Å². The van der Waals surface area contributed by atoms with Crippen LogP contribution in [-0.4, -0.2) is 17.5 Å². The predicted molar refractivity (Wildman–Crippen MR) is 103 cm³/mol. The fourth-order valence-electron chi connectivity index (χ4n) is 5.07. The van der Waals surface area contributed by atoms with Crippen LogP contribution in [0.5, 0.6) is 0 Å². The van der Waals surface area contributed by atoms with Gasteiger partial charge in [-0.15, -0.1) is 0 Å². The van der Waals surface area contributed by atoms with Gasteiger partial charge in [0.25, 0.3) is 0 Å². The van der Waals surface area contributed by atoms with Crippen LogP contribution in [0, 0.1) is 17.8 Å². The number of carbonyl (C=O) groups is 1. The lowest BCUT2D eigenvalue weighted by atomic mass is 9.78. The molecule has 2 aliphatic carbocycles. The van der Waals surface area contributed by atoms with Crippen LogP contribution in [0.1, 0.15) is 51.5 Å². The van der Waals surface area contributed by atoms with E-state index in [4.69, 9.17) is 4.99 Å². The van der Waals surface area contributed by atoms with Crippen molar-refractivity contribution in [2.75, 3.05) is 0 Å². The molecule has 2 nitrogen and oxygen atoms in total. The molecule has 0 N–H and O–H groups in total. The normalized spacial score (nSPS) is 30.7. The van der Waals surface area contributed by atoms with Gasteiger partial charge < -0.3 is 0 Å². The van der Waals surface area contributed by atoms with Crippen molar-refractivity contribution in [2.45, 2.75) is 52.0 Å². The Bertz CT molecular complexity index is 756. The second-order valence-electron chi connectivity index (χ2n) is 7.80. The summed E-state index contributed by atoms with van der Waals surface area (Å²) >= 11 is 0. The Morgan fingerprint density at radius 1 is 1.20 bits per heavy atom. The number of aliphatic imine (C=N–C) groups is 1. The van der Waals surface area contributed by atoms with E-state index < -0.39 is 0 Å². The van der Waals surface area contributed by atoms with E-state index in [1.54, 1.807) is 5.57 Å². The number of hydrogen-bond donors (Lipinski definition) is 0. The largest absolute Gasteiger partial charge is 0.300 e. The van der Waals surface area contributed by atoms with Crippen molar-refractivity contribution in [1.29, 1.82) is 0 Å². The summed E-state index contributed by atoms with van der Waals surface area (Å²) in [6.07, 6.45) is 9.31. The minimum absolute atomic E-state index is 0.136. The van der Waals surface area contributed by atoms with Gasteiger partial charge in [-0.05, 0) is 42.6 Å². The molecular weight excluding hydrogens is 306 g/mol. The summed E-state index contributed by atoms with van der Waals surface area (Å²) in [6.45, 7) is 4.36. The zero-order chi connectivity index (χ0) is 17.4. The molecule has 1 aliphatic heterocycles. The van der Waals surface area contributed by atoms with E-state index in [9.17, 15) is 4.79 Å². The average Bonchev–Trinajstić information content (AvgIpc) is 3.22. The second kappa shape index (κ2) is 6.74. The third kappa shape index (κ3) is 2.92. The molecule has 3 unspecified atom stereocenters. The molecular formula is C23H27NO. The van der Waals surface area contributed by atoms with E-state index in [0.717, 1.165) is 12.1 Å². The van der Waals surface area contributed by atoms with Gasteiger partial charge in [-0.25, -0.2) is 0 Å². The Morgan fingerprint density at radius 3 is 2.76 bits per heavy atom. The highest BCUT2D eigenvalue weighted by Crippen LogP contribution is 2.49. The molecule has 4 atom stereocenters. The fraction of sp³-hybridized carbons (Fsp3) is 0.478. The molecule has 0 amide bonds. The van der Waals surface area contributed by atoms with Crippen molar-refractivity contribution in [1.82, 2.24) is 0 Å². The van der Waals surface area contributed by atoms with Crippen molar-refractivity contribution in [3.8, 4) is 0 Å². The molecule has 1 heterocycles. The van der Waals surface area contributed by atoms with E-state index >= 15 is 0 Å². The van der Waals surface area contributed by atoms with Gasteiger partial charge in [-0.1, -0.05) is 61.9 Å². The minimum Gasteiger partial charge on any atom is -0.300 e. The highest BCUT2D eigenvalue weighted by atomic mass is 16.1. The number of rotatable bonds is 4. The van der Waals surface area contributed by atoms with Crippen LogP contribution >= 0.6 is 0 Å². The molecule has 0 bridgehead atoms. The third-order valence-corrected chi connectivity index (χ3v) is 6.32. The number of benzene rings is 1. The molecule has 1 saturated carbocycles. The van der Waals surface area contributed by atoms with Crippen molar-refractivity contribution >= 4 is 11.5 Å². The van der Waals surface area contributed by atoms with Gasteiger partial charge >= 0.3 is 0 Å². The number of allylic oxidation sites excluding steroid dienone is 4. The molecule has 4 rings (SSSR count). The van der Waals surface area contributed by atoms with E-state index in [2.05, 4.69) is 49.4 Å². The number of ketones is 1. The monoisotopic (exact) mass is 333 g/mol. The van der Waals surface area contributed by atoms with Crippen LogP contribution in [0.4, 0.5) is 0 Å². The molecule has 0 radical (unpaired) electrons. The van der Waals surface area contributed by atoms with E-state index in [0.29, 0.717) is 36.4 Å². The maximum atomic E-state index is 12.3. The minimum atomic E-state index is 0.136. The molecule has 2 heteroatoms. The number of hydrogen-bond acceptors (Lipinski definition) is 2. The molecule has 1 aromatic rings. The summed E-state index contributed by atoms with van der Waals surface area (Å²) in [4.78, 5) is 17.5. The SMILES string of the molecule is CCC(=O)C[C@@H]1N=C(c2ccccc2)C2=C(CC=C2)C2C(C)CCC21. The first-order valence-electron chi connectivity index (χ1n) is 9.74. The Hall–Kier alpha value is -1.96. The van der Waals surface area contributed by atoms with Gasteiger partial charge in [-0.2, -0.15) is 0 Å². The number of nitrogens with zero attached hydrogens (tertiary/aromatic N) is 1. The van der Waals surface area contributed by atoms with Gasteiger partial charge in [0.2, 0.25) is 0 Å². The van der Waals surface area contributed by atoms with Crippen molar-refractivity contribution in [3.63, 3.8) is 0 Å². The highest BCUT2D eigenvalue weighted by Gasteiger charge is 2.43. The second-order valence-corrected chi connectivity index (χ2v) is 7.80. The lowest BCUT2D eigenvalue weighted by Crippen LogP contribution is -2.27. The lowest BCUT2D eigenvalue weighted by molar-refractivity contribution is -0.119. The van der Waals surface area contributed by atoms with Crippen molar-refractivity contribution in [3.05, 3.63) is 59.2 Å². The maximum absolute atomic E-state index is 12.3. The first-order chi connectivity index (χ1) is 12.2. The molecule has 0 saturated heterocycles. The first kappa shape index (κ1) is 16.5. The Balaban J connectivity index is 1.83. The van der Waals surface area contributed by atoms with Crippen LogP contribution in [-0.2, 0) is 4.79 Å². The maximum Gasteiger partial charge on any atom is 0.134 e. The summed E-state index contributed by atoms with van der Waals surface area (Å²) in [6, 6.07) is 10.7. The number of Topliss-reactive ketones (excluding diaryl/α,β-unsaturated/α-hetero) is 1. The van der Waals surface area contributed by atoms with E-state index in [-0.39, 0.29) is 6.04 Å². The smallest absolute Gasteiger partial charge is 0.134 e. The highest BCUT2D eigenvalue weighted by molar-refractivity contribution is 6.15. The van der Waals surface area contributed by atoms with E-state index in [1.807, 2.05) is 6.92 Å². The first-order valence-corrected chi connectivity index (χ1v) is 9.74. The van der Waals surface area contributed by atoms with Gasteiger partial charge in [0.15, 0.2) is 0 Å². The predicted octanol–water partition coefficient (Wildman–Crippen LogP) is 5.15. The summed E-state index contributed by atoms with van der Waals surface area (Å²) in [5.74, 6) is 2.15. The number of fused-ring (bicyclic) bond motifs is 2. The molecule has 1 aromatic carbocycles. The van der Waals surface area contributed by atoms with Crippen LogP contribution < -0.4 is 0 Å². The molecule has 0 spiro atoms. The molecule has 130 valence electrons. The van der Waals surface area contributed by atoms with Gasteiger partial charge in [0, 0.05) is 18.4 Å². The van der Waals surface area contributed by atoms with Crippen LogP contribution in [0.25, 0.3) is 0 Å². The molecule has 25 heavy (non-hydrogen) atoms. The fourth-order valence-corrected chi connectivity index (χ4v) is 5.07. The van der Waals surface area contributed by atoms with Gasteiger partial charge in [0.05, 0.1) is 11.8 Å². The topological polar surface area (TPSA) is 29.4 Å². The van der Waals surface area contributed by atoms with Crippen molar-refractivity contribution < 1.29 is 4.79 Å². The van der Waals surface area contributed by atoms with E-state index in [1.165, 1.54) is 24.0 Å². The standard InChI is InChI=1S/C23H27NO/c1-3-17(25)14-21-20-13-12-15(2)22(20)18-10-7-11-19(18)23(24-21)16-8-5-4-6-9-16/h4-9,11,15,20-22H,3,10,12-14H2,1-2H3/t15?,20?,21-,22?/m0/s1. The quantitative estimate of drug-likeness (QED) is 0.749. The van der Waals surface area contributed by atoms with Gasteiger partial charge in [-0.3, -0.25) is 9.79 Å². The average molecular weight is 333 g/mol. The van der Waals surface area contributed by atoms with Gasteiger partial charge in [0.1, 0.15) is 5.78 Å². The van der Waals surface area contributed by atoms with Crippen molar-refractivity contribution in [2.24, 2.45) is 22.7 Å². The summed E-state index contributed by atoms with van der Waals surface area (Å²) < 4.78 is 0. The lowest BCUT2D eigenvalue weighted by Gasteiger charge is -2.27. The molecule has 0 aromatic heterocycles. The Morgan fingerprint density at radius 2 is 2.00 bits per heavy atom.